The summed E-state index contributed by atoms with van der Waals surface area (Å²) in [4.78, 5) is 21.6. The molecule has 0 atom stereocenters. The molecule has 0 aliphatic carbocycles. The van der Waals surface area contributed by atoms with E-state index in [1.807, 2.05) is 23.9 Å². The second-order valence-electron chi connectivity index (χ2n) is 4.96. The number of hydrogen-bond acceptors (Lipinski definition) is 4. The van der Waals surface area contributed by atoms with Gasteiger partial charge in [0.25, 0.3) is 5.69 Å². The van der Waals surface area contributed by atoms with Crippen molar-refractivity contribution < 1.29 is 19.4 Å². The van der Waals surface area contributed by atoms with Gasteiger partial charge in [-0.15, -0.1) is 0 Å². The molecule has 2 aromatic rings. The molecule has 0 saturated heterocycles. The van der Waals surface area contributed by atoms with E-state index in [1.165, 1.54) is 24.3 Å². The van der Waals surface area contributed by atoms with Crippen LogP contribution in [0.5, 0.6) is 5.75 Å². The number of aromatic nitrogens is 1. The summed E-state index contributed by atoms with van der Waals surface area (Å²) in [7, 11) is 0. The number of non-ortho nitro benzene ring substituents is 1. The average molecular weight is 329 g/mol. The van der Waals surface area contributed by atoms with Crippen LogP contribution in [0.2, 0.25) is 0 Å². The maximum Gasteiger partial charge on any atom is 0.316 e. The van der Waals surface area contributed by atoms with Crippen molar-refractivity contribution in [1.82, 2.24) is 5.32 Å². The van der Waals surface area contributed by atoms with E-state index < -0.39 is 11.0 Å². The number of nitrogens with two attached hydrogens (primary N) is 1. The standard InChI is InChI=1S/C16H16N4O4/c1-2-19-7-5-11(6-8-19)14(18-16(17)22)10-12-9-13(20(23)24)3-4-15(12)21/h3-10H,2H2,1H3,(H3,17,18,22)/p+1. The van der Waals surface area contributed by atoms with Crippen molar-refractivity contribution in [3.63, 3.8) is 0 Å². The van der Waals surface area contributed by atoms with Crippen LogP contribution >= 0.6 is 0 Å². The molecule has 0 saturated carbocycles. The number of amides is 2. The van der Waals surface area contributed by atoms with E-state index in [1.54, 1.807) is 12.1 Å². The van der Waals surface area contributed by atoms with E-state index in [2.05, 4.69) is 5.32 Å². The number of phenolic OH excluding ortho intramolecular Hbond substituents is 1. The molecule has 24 heavy (non-hydrogen) atoms. The zero-order valence-electron chi connectivity index (χ0n) is 13.0. The number of carbonyl (C=O) groups is 1. The lowest BCUT2D eigenvalue weighted by molar-refractivity contribution is -0.693. The highest BCUT2D eigenvalue weighted by molar-refractivity contribution is 5.91. The Kier molecular flexibility index (Phi) is 5.10. The Labute approximate surface area is 138 Å². The van der Waals surface area contributed by atoms with Gasteiger partial charge < -0.3 is 16.2 Å². The van der Waals surface area contributed by atoms with E-state index in [0.717, 1.165) is 6.54 Å². The minimum Gasteiger partial charge on any atom is -0.507 e. The zero-order valence-corrected chi connectivity index (χ0v) is 13.0. The molecular weight excluding hydrogens is 312 g/mol. The molecule has 8 nitrogen and oxygen atoms in total. The van der Waals surface area contributed by atoms with Crippen molar-refractivity contribution >= 4 is 23.5 Å². The second kappa shape index (κ2) is 7.23. The molecule has 0 unspecified atom stereocenters. The van der Waals surface area contributed by atoms with Crippen LogP contribution in [0.15, 0.2) is 42.7 Å². The minimum absolute atomic E-state index is 0.149. The molecule has 0 bridgehead atoms. The number of pyridine rings is 1. The second-order valence-corrected chi connectivity index (χ2v) is 4.96. The maximum absolute atomic E-state index is 11.3. The summed E-state index contributed by atoms with van der Waals surface area (Å²) in [6, 6.07) is 6.38. The molecule has 2 rings (SSSR count). The fourth-order valence-corrected chi connectivity index (χ4v) is 2.10. The molecule has 0 aliphatic rings. The number of rotatable bonds is 5. The molecule has 1 aromatic carbocycles. The van der Waals surface area contributed by atoms with Crippen LogP contribution in [0.4, 0.5) is 10.5 Å². The predicted octanol–water partition coefficient (Wildman–Crippen LogP) is 1.77. The lowest BCUT2D eigenvalue weighted by Crippen LogP contribution is -2.32. The smallest absolute Gasteiger partial charge is 0.316 e. The number of nitro benzene ring substituents is 1. The predicted molar refractivity (Wildman–Crippen MR) is 87.7 cm³/mol. The van der Waals surface area contributed by atoms with Gasteiger partial charge in [0, 0.05) is 35.4 Å². The summed E-state index contributed by atoms with van der Waals surface area (Å²) < 4.78 is 1.93. The Hall–Kier alpha value is -3.42. The van der Waals surface area contributed by atoms with Crippen LogP contribution in [0.3, 0.4) is 0 Å². The Morgan fingerprint density at radius 1 is 1.38 bits per heavy atom. The molecule has 0 fully saturated rings. The van der Waals surface area contributed by atoms with Gasteiger partial charge in [-0.3, -0.25) is 10.1 Å². The van der Waals surface area contributed by atoms with E-state index in [9.17, 15) is 20.0 Å². The van der Waals surface area contributed by atoms with Crippen LogP contribution in [0.25, 0.3) is 11.8 Å². The molecule has 4 N–H and O–H groups in total. The number of benzene rings is 1. The third-order valence-corrected chi connectivity index (χ3v) is 3.35. The van der Waals surface area contributed by atoms with Crippen LogP contribution in [0.1, 0.15) is 18.1 Å². The first kappa shape index (κ1) is 16.9. The van der Waals surface area contributed by atoms with Crippen molar-refractivity contribution in [3.05, 3.63) is 64.0 Å². The van der Waals surface area contributed by atoms with E-state index in [0.29, 0.717) is 11.3 Å². The Bertz CT molecular complexity index is 800. The minimum atomic E-state index is -0.779. The fourth-order valence-electron chi connectivity index (χ4n) is 2.10. The molecule has 0 aliphatic heterocycles. The zero-order chi connectivity index (χ0) is 17.7. The maximum atomic E-state index is 11.3. The van der Waals surface area contributed by atoms with Crippen LogP contribution in [-0.2, 0) is 6.54 Å². The van der Waals surface area contributed by atoms with Gasteiger partial charge in [-0.25, -0.2) is 9.36 Å². The molecule has 8 heteroatoms. The number of urea groups is 1. The Balaban J connectivity index is 2.50. The number of nitrogens with zero attached hydrogens (tertiary/aromatic N) is 2. The third kappa shape index (κ3) is 4.07. The van der Waals surface area contributed by atoms with E-state index in [4.69, 9.17) is 5.73 Å². The van der Waals surface area contributed by atoms with Crippen molar-refractivity contribution in [1.29, 1.82) is 0 Å². The molecule has 0 spiro atoms. The molecule has 2 amide bonds. The van der Waals surface area contributed by atoms with Crippen molar-refractivity contribution in [2.45, 2.75) is 13.5 Å². The first-order chi connectivity index (χ1) is 11.4. The molecular formula is C16H17N4O4+. The lowest BCUT2D eigenvalue weighted by Gasteiger charge is -2.09. The lowest BCUT2D eigenvalue weighted by atomic mass is 10.1. The number of primary amides is 1. The number of phenols is 1. The fraction of sp³-hybridized carbons (Fsp3) is 0.125. The number of hydrogen-bond donors (Lipinski definition) is 3. The van der Waals surface area contributed by atoms with Crippen LogP contribution in [0, 0.1) is 10.1 Å². The van der Waals surface area contributed by atoms with Gasteiger partial charge >= 0.3 is 6.03 Å². The van der Waals surface area contributed by atoms with Crippen molar-refractivity contribution in [2.24, 2.45) is 5.73 Å². The summed E-state index contributed by atoms with van der Waals surface area (Å²) in [5.74, 6) is -0.149. The van der Waals surface area contributed by atoms with E-state index in [-0.39, 0.29) is 17.0 Å². The molecule has 1 aromatic heterocycles. The number of aromatic hydroxyl groups is 1. The van der Waals surface area contributed by atoms with Gasteiger partial charge in [-0.2, -0.15) is 0 Å². The number of aryl methyl sites for hydroxylation is 1. The van der Waals surface area contributed by atoms with Crippen LogP contribution < -0.4 is 15.6 Å². The highest BCUT2D eigenvalue weighted by Gasteiger charge is 2.12. The van der Waals surface area contributed by atoms with Crippen LogP contribution in [-0.4, -0.2) is 16.1 Å². The number of carbonyl (C=O) groups excluding carboxylic acids is 1. The Morgan fingerprint density at radius 3 is 2.58 bits per heavy atom. The van der Waals surface area contributed by atoms with Crippen molar-refractivity contribution in [3.8, 4) is 5.75 Å². The largest absolute Gasteiger partial charge is 0.507 e. The molecule has 124 valence electrons. The molecule has 1 heterocycles. The van der Waals surface area contributed by atoms with Gasteiger partial charge in [0.05, 0.1) is 10.6 Å². The first-order valence-electron chi connectivity index (χ1n) is 7.15. The highest BCUT2D eigenvalue weighted by Crippen LogP contribution is 2.26. The quantitative estimate of drug-likeness (QED) is 0.439. The summed E-state index contributed by atoms with van der Waals surface area (Å²) in [6.45, 7) is 2.77. The monoisotopic (exact) mass is 329 g/mol. The number of nitrogens with one attached hydrogen (secondary N) is 1. The van der Waals surface area contributed by atoms with Crippen molar-refractivity contribution in [2.75, 3.05) is 0 Å². The van der Waals surface area contributed by atoms with E-state index >= 15 is 0 Å². The topological polar surface area (TPSA) is 122 Å². The van der Waals surface area contributed by atoms with Gasteiger partial charge in [0.1, 0.15) is 12.3 Å². The van der Waals surface area contributed by atoms with Gasteiger partial charge in [-0.1, -0.05) is 0 Å². The van der Waals surface area contributed by atoms with Gasteiger partial charge in [-0.05, 0) is 19.1 Å². The summed E-state index contributed by atoms with van der Waals surface area (Å²) in [5, 5.41) is 23.3. The summed E-state index contributed by atoms with van der Waals surface area (Å²) in [6.07, 6.45) is 5.07. The Morgan fingerprint density at radius 2 is 2.04 bits per heavy atom. The third-order valence-electron chi connectivity index (χ3n) is 3.35. The van der Waals surface area contributed by atoms with Gasteiger partial charge in [0.15, 0.2) is 12.4 Å². The number of nitro groups is 1. The average Bonchev–Trinajstić information content (AvgIpc) is 2.55. The highest BCUT2D eigenvalue weighted by atomic mass is 16.6. The normalized spacial score (nSPS) is 11.1. The first-order valence-corrected chi connectivity index (χ1v) is 7.15. The van der Waals surface area contributed by atoms with Gasteiger partial charge in [0.2, 0.25) is 0 Å². The molecule has 0 radical (unpaired) electrons. The SMILES string of the molecule is CC[n+]1ccc(/C(=C/c2cc([N+](=O)[O-])ccc2O)NC(N)=O)cc1. The summed E-state index contributed by atoms with van der Waals surface area (Å²) in [5.41, 5.74) is 6.18. The summed E-state index contributed by atoms with van der Waals surface area (Å²) >= 11 is 0.